The lowest BCUT2D eigenvalue weighted by molar-refractivity contribution is -0.114. The van der Waals surface area contributed by atoms with Crippen molar-refractivity contribution in [2.24, 2.45) is 10.3 Å². The van der Waals surface area contributed by atoms with E-state index in [-0.39, 0.29) is 18.2 Å². The van der Waals surface area contributed by atoms with Crippen molar-refractivity contribution >= 4 is 17.3 Å². The van der Waals surface area contributed by atoms with Gasteiger partial charge >= 0.3 is 0 Å². The number of hydrogen-bond donors (Lipinski definition) is 1. The molecule has 1 N–H and O–H groups in total. The minimum atomic E-state index is -0.348. The first-order valence-electron chi connectivity index (χ1n) is 10.1. The maximum absolute atomic E-state index is 12.1. The predicted molar refractivity (Wildman–Crippen MR) is 124 cm³/mol. The zero-order valence-corrected chi connectivity index (χ0v) is 18.9. The van der Waals surface area contributed by atoms with Gasteiger partial charge in [-0.2, -0.15) is 0 Å². The third kappa shape index (κ3) is 6.71. The number of nitrogens with one attached hydrogen (secondary N) is 1. The van der Waals surface area contributed by atoms with E-state index in [9.17, 15) is 4.79 Å². The van der Waals surface area contributed by atoms with E-state index in [2.05, 4.69) is 60.4 Å². The molecule has 0 aliphatic heterocycles. The maximum Gasteiger partial charge on any atom is 0.273 e. The summed E-state index contributed by atoms with van der Waals surface area (Å²) in [4.78, 5) is 22.5. The van der Waals surface area contributed by atoms with Gasteiger partial charge in [0.05, 0.1) is 0 Å². The smallest absolute Gasteiger partial charge is 0.273 e. The average molecular weight is 420 g/mol. The standard InChI is InChI=1S/C25H29N3O3/c1-17(2)23-15-18(3)11-13-20(23)14-12-19(4)27-31-16-21-9-7-8-10-22(21)24(28-30-6)25(29)26-5/h7-11,13,15,17H,16H2,1-6H3,(H,26,29)/b27-19+,28-24+. The van der Waals surface area contributed by atoms with Crippen LogP contribution in [0.5, 0.6) is 0 Å². The molecule has 6 nitrogen and oxygen atoms in total. The number of carbonyl (C=O) groups is 1. The lowest BCUT2D eigenvalue weighted by Gasteiger charge is -2.10. The van der Waals surface area contributed by atoms with Crippen molar-refractivity contribution < 1.29 is 14.5 Å². The molecule has 162 valence electrons. The van der Waals surface area contributed by atoms with Gasteiger partial charge in [-0.15, -0.1) is 0 Å². The lowest BCUT2D eigenvalue weighted by atomic mass is 9.95. The summed E-state index contributed by atoms with van der Waals surface area (Å²) in [5.41, 5.74) is 5.53. The Hall–Kier alpha value is -3.59. The van der Waals surface area contributed by atoms with Crippen LogP contribution in [0.15, 0.2) is 52.8 Å². The van der Waals surface area contributed by atoms with E-state index in [4.69, 9.17) is 9.68 Å². The van der Waals surface area contributed by atoms with Gasteiger partial charge in [0.25, 0.3) is 5.91 Å². The summed E-state index contributed by atoms with van der Waals surface area (Å²) in [6.45, 7) is 8.35. The zero-order chi connectivity index (χ0) is 22.8. The highest BCUT2D eigenvalue weighted by molar-refractivity contribution is 6.45. The Labute approximate surface area is 184 Å². The van der Waals surface area contributed by atoms with Crippen molar-refractivity contribution in [2.45, 2.75) is 40.2 Å². The SMILES string of the molecule is CNC(=O)/C(=N/OC)c1ccccc1CO/N=C(\C)C#Cc1ccc(C)cc1C(C)C. The van der Waals surface area contributed by atoms with Gasteiger partial charge in [0, 0.05) is 23.7 Å². The molecule has 31 heavy (non-hydrogen) atoms. The van der Waals surface area contributed by atoms with Gasteiger partial charge in [0.15, 0.2) is 5.71 Å². The quantitative estimate of drug-likeness (QED) is 0.416. The van der Waals surface area contributed by atoms with Crippen molar-refractivity contribution in [3.05, 3.63) is 70.3 Å². The van der Waals surface area contributed by atoms with E-state index in [0.29, 0.717) is 17.2 Å². The third-order valence-electron chi connectivity index (χ3n) is 4.53. The molecule has 6 heteroatoms. The Kier molecular flexibility index (Phi) is 8.83. The van der Waals surface area contributed by atoms with Crippen LogP contribution in [0.25, 0.3) is 0 Å². The first-order chi connectivity index (χ1) is 14.9. The highest BCUT2D eigenvalue weighted by atomic mass is 16.6. The van der Waals surface area contributed by atoms with E-state index in [1.165, 1.54) is 25.3 Å². The third-order valence-corrected chi connectivity index (χ3v) is 4.53. The summed E-state index contributed by atoms with van der Waals surface area (Å²) in [7, 11) is 2.94. The fraction of sp³-hybridized carbons (Fsp3) is 0.320. The van der Waals surface area contributed by atoms with Crippen LogP contribution in [0, 0.1) is 18.8 Å². The van der Waals surface area contributed by atoms with Crippen LogP contribution >= 0.6 is 0 Å². The molecular weight excluding hydrogens is 390 g/mol. The Balaban J connectivity index is 2.17. The van der Waals surface area contributed by atoms with Crippen LogP contribution in [0.1, 0.15) is 54.5 Å². The molecule has 0 aliphatic rings. The molecule has 0 heterocycles. The molecule has 0 saturated carbocycles. The molecular formula is C25H29N3O3. The molecule has 2 aromatic carbocycles. The molecule has 2 aromatic rings. The number of amides is 1. The normalized spacial score (nSPS) is 11.6. The van der Waals surface area contributed by atoms with Crippen molar-refractivity contribution in [2.75, 3.05) is 14.2 Å². The largest absolute Gasteiger partial charge is 0.398 e. The average Bonchev–Trinajstić information content (AvgIpc) is 2.76. The van der Waals surface area contributed by atoms with Gasteiger partial charge in [-0.1, -0.05) is 72.0 Å². The number of nitrogens with zero attached hydrogens (tertiary/aromatic N) is 2. The number of carbonyl (C=O) groups excluding carboxylic acids is 1. The summed E-state index contributed by atoms with van der Waals surface area (Å²) in [5.74, 6) is 6.28. The second kappa shape index (κ2) is 11.6. The lowest BCUT2D eigenvalue weighted by Crippen LogP contribution is -2.29. The van der Waals surface area contributed by atoms with E-state index in [1.807, 2.05) is 24.3 Å². The second-order valence-electron chi connectivity index (χ2n) is 7.30. The second-order valence-corrected chi connectivity index (χ2v) is 7.30. The number of rotatable bonds is 7. The summed E-state index contributed by atoms with van der Waals surface area (Å²) < 4.78 is 0. The number of aryl methyl sites for hydroxylation is 1. The summed E-state index contributed by atoms with van der Waals surface area (Å²) in [6.07, 6.45) is 0. The molecule has 0 fully saturated rings. The van der Waals surface area contributed by atoms with Gasteiger partial charge in [-0.3, -0.25) is 4.79 Å². The number of hydrogen-bond acceptors (Lipinski definition) is 5. The minimum absolute atomic E-state index is 0.163. The maximum atomic E-state index is 12.1. The highest BCUT2D eigenvalue weighted by Crippen LogP contribution is 2.20. The Morgan fingerprint density at radius 2 is 1.90 bits per heavy atom. The first kappa shape index (κ1) is 23.7. The van der Waals surface area contributed by atoms with Crippen molar-refractivity contribution in [1.82, 2.24) is 5.32 Å². The van der Waals surface area contributed by atoms with E-state index < -0.39 is 0 Å². The summed E-state index contributed by atoms with van der Waals surface area (Å²) in [6, 6.07) is 13.6. The van der Waals surface area contributed by atoms with E-state index in [1.54, 1.807) is 13.0 Å². The molecule has 0 aromatic heterocycles. The fourth-order valence-corrected chi connectivity index (χ4v) is 2.95. The minimum Gasteiger partial charge on any atom is -0.398 e. The monoisotopic (exact) mass is 419 g/mol. The topological polar surface area (TPSA) is 72.3 Å². The molecule has 0 unspecified atom stereocenters. The van der Waals surface area contributed by atoms with Gasteiger partial charge < -0.3 is 15.0 Å². The Bertz CT molecular complexity index is 1040. The van der Waals surface area contributed by atoms with Crippen molar-refractivity contribution in [3.63, 3.8) is 0 Å². The van der Waals surface area contributed by atoms with Gasteiger partial charge in [0.2, 0.25) is 0 Å². The summed E-state index contributed by atoms with van der Waals surface area (Å²) in [5, 5.41) is 10.5. The number of benzene rings is 2. The highest BCUT2D eigenvalue weighted by Gasteiger charge is 2.17. The zero-order valence-electron chi connectivity index (χ0n) is 18.9. The van der Waals surface area contributed by atoms with Crippen LogP contribution in [-0.2, 0) is 21.1 Å². The Morgan fingerprint density at radius 3 is 2.58 bits per heavy atom. The Morgan fingerprint density at radius 1 is 1.16 bits per heavy atom. The van der Waals surface area contributed by atoms with Crippen molar-refractivity contribution in [1.29, 1.82) is 0 Å². The predicted octanol–water partition coefficient (Wildman–Crippen LogP) is 4.16. The molecule has 0 bridgehead atoms. The first-order valence-corrected chi connectivity index (χ1v) is 10.1. The molecule has 1 amide bonds. The van der Waals surface area contributed by atoms with Crippen LogP contribution in [-0.4, -0.2) is 31.5 Å². The van der Waals surface area contributed by atoms with Gasteiger partial charge in [0.1, 0.15) is 19.4 Å². The molecule has 0 spiro atoms. The van der Waals surface area contributed by atoms with Crippen LogP contribution in [0.4, 0.5) is 0 Å². The molecule has 0 atom stereocenters. The molecule has 0 radical (unpaired) electrons. The van der Waals surface area contributed by atoms with Gasteiger partial charge in [-0.25, -0.2) is 0 Å². The van der Waals surface area contributed by atoms with Crippen LogP contribution in [0.2, 0.25) is 0 Å². The number of likely N-dealkylation sites (N-methyl/N-ethyl adjacent to an activating group) is 1. The molecule has 0 saturated heterocycles. The van der Waals surface area contributed by atoms with E-state index >= 15 is 0 Å². The fourth-order valence-electron chi connectivity index (χ4n) is 2.95. The van der Waals surface area contributed by atoms with Crippen LogP contribution in [0.3, 0.4) is 0 Å². The van der Waals surface area contributed by atoms with E-state index in [0.717, 1.165) is 11.1 Å². The van der Waals surface area contributed by atoms with Crippen LogP contribution < -0.4 is 5.32 Å². The molecule has 2 rings (SSSR count). The number of oxime groups is 2. The summed E-state index contributed by atoms with van der Waals surface area (Å²) >= 11 is 0. The van der Waals surface area contributed by atoms with Gasteiger partial charge in [-0.05, 0) is 37.3 Å². The van der Waals surface area contributed by atoms with Crippen molar-refractivity contribution in [3.8, 4) is 11.8 Å². The molecule has 0 aliphatic carbocycles.